The van der Waals surface area contributed by atoms with Crippen LogP contribution in [0.1, 0.15) is 0 Å². The molecule has 4 heteroatoms. The van der Waals surface area contributed by atoms with E-state index in [1.165, 1.54) is 0 Å². The molecule has 0 aliphatic heterocycles. The maximum absolute atomic E-state index is 8.44. The van der Waals surface area contributed by atoms with Crippen molar-refractivity contribution >= 4 is 31.9 Å². The third kappa shape index (κ3) is 17.4. The van der Waals surface area contributed by atoms with E-state index in [1.807, 2.05) is 0 Å². The Labute approximate surface area is 40.0 Å². The molecule has 0 spiro atoms. The van der Waals surface area contributed by atoms with Crippen LogP contribution in [0.25, 0.3) is 0 Å². The van der Waals surface area contributed by atoms with Crippen LogP contribution in [0.15, 0.2) is 0 Å². The molecule has 0 unspecified atom stereocenters. The molecule has 2 nitrogen and oxygen atoms in total. The van der Waals surface area contributed by atoms with Crippen molar-refractivity contribution in [3.05, 3.63) is 0 Å². The van der Waals surface area contributed by atoms with E-state index in [0.717, 1.165) is 0 Å². The van der Waals surface area contributed by atoms with Crippen LogP contribution in [-0.4, -0.2) is 31.9 Å². The molecule has 4 heavy (non-hydrogen) atoms. The molecule has 0 N–H and O–H groups in total. The van der Waals surface area contributed by atoms with Crippen molar-refractivity contribution in [3.63, 3.8) is 0 Å². The fourth-order valence-corrected chi connectivity index (χ4v) is 0. The standard InChI is InChI=1S/O2Se.H2Se/c1-3-2;/h;1H2. The molecule has 0 rings (SSSR count). The molecule has 26 valence electrons. The van der Waals surface area contributed by atoms with E-state index < -0.39 is 14.8 Å². The van der Waals surface area contributed by atoms with Crippen LogP contribution in [0.4, 0.5) is 0 Å². The Bertz CT molecular complexity index is 25.0. The van der Waals surface area contributed by atoms with Gasteiger partial charge in [-0.25, -0.2) is 0 Å². The van der Waals surface area contributed by atoms with Gasteiger partial charge in [-0.2, -0.15) is 0 Å². The molecule has 0 amide bonds. The third-order valence-electron chi connectivity index (χ3n) is 0. The summed E-state index contributed by atoms with van der Waals surface area (Å²) in [5, 5.41) is 0. The van der Waals surface area contributed by atoms with Gasteiger partial charge in [-0.15, -0.1) is 0 Å². The molecular weight excluding hydrogens is 190 g/mol. The van der Waals surface area contributed by atoms with Crippen LogP contribution >= 0.6 is 0 Å². The van der Waals surface area contributed by atoms with Gasteiger partial charge >= 0.3 is 39.6 Å². The summed E-state index contributed by atoms with van der Waals surface area (Å²) in [4.78, 5) is 0. The summed E-state index contributed by atoms with van der Waals surface area (Å²) < 4.78 is 16.9. The Morgan fingerprint density at radius 1 is 1.25 bits per heavy atom. The van der Waals surface area contributed by atoms with Gasteiger partial charge in [-0.05, 0) is 0 Å². The summed E-state index contributed by atoms with van der Waals surface area (Å²) in [6.45, 7) is 0. The molecule has 0 aromatic rings. The molecule has 0 aromatic heterocycles. The van der Waals surface area contributed by atoms with E-state index in [2.05, 4.69) is 0 Å². The summed E-state index contributed by atoms with van der Waals surface area (Å²) in [6.07, 6.45) is 0. The predicted molar refractivity (Wildman–Crippen MR) is 15.7 cm³/mol. The Kier molecular flexibility index (Phi) is 20.8. The van der Waals surface area contributed by atoms with Crippen LogP contribution in [0.3, 0.4) is 0 Å². The van der Waals surface area contributed by atoms with Crippen LogP contribution in [0.2, 0.25) is 0 Å². The Hall–Kier alpha value is 0.639. The van der Waals surface area contributed by atoms with Gasteiger partial charge < -0.3 is 0 Å². The minimum atomic E-state index is -1.62. The second kappa shape index (κ2) is 9.43. The first kappa shape index (κ1) is 8.82. The van der Waals surface area contributed by atoms with E-state index >= 15 is 0 Å². The first-order valence-corrected chi connectivity index (χ1v) is 1.73. The second-order valence-corrected chi connectivity index (χ2v) is 0.354. The topological polar surface area (TPSA) is 34.1 Å². The van der Waals surface area contributed by atoms with Gasteiger partial charge in [0.2, 0.25) is 0 Å². The van der Waals surface area contributed by atoms with Crippen molar-refractivity contribution in [3.8, 4) is 0 Å². The van der Waals surface area contributed by atoms with Gasteiger partial charge in [0.05, 0.1) is 0 Å². The molecule has 0 radical (unpaired) electrons. The first-order valence-electron chi connectivity index (χ1n) is 0.333. The quantitative estimate of drug-likeness (QED) is 0.436. The fourth-order valence-electron chi connectivity index (χ4n) is 0. The van der Waals surface area contributed by atoms with Crippen molar-refractivity contribution < 1.29 is 7.67 Å². The van der Waals surface area contributed by atoms with Crippen LogP contribution in [-0.2, 0) is 7.67 Å². The summed E-state index contributed by atoms with van der Waals surface area (Å²) in [7, 11) is 0. The molecule has 0 atom stereocenters. The SMILES string of the molecule is O=[Se]=O.[SeH2]. The summed E-state index contributed by atoms with van der Waals surface area (Å²) in [6, 6.07) is 0. The fraction of sp³-hybridized carbons (Fsp3) is 0. The van der Waals surface area contributed by atoms with Crippen LogP contribution < -0.4 is 0 Å². The van der Waals surface area contributed by atoms with Crippen LogP contribution in [0.5, 0.6) is 0 Å². The van der Waals surface area contributed by atoms with E-state index in [4.69, 9.17) is 7.67 Å². The number of hydrogen-bond donors (Lipinski definition) is 0. The average Bonchev–Trinajstić information content (AvgIpc) is 0.918. The zero-order valence-corrected chi connectivity index (χ0v) is 5.54. The Balaban J connectivity index is 0. The molecule has 0 saturated heterocycles. The zero-order chi connectivity index (χ0) is 2.71. The van der Waals surface area contributed by atoms with Crippen molar-refractivity contribution in [2.24, 2.45) is 0 Å². The summed E-state index contributed by atoms with van der Waals surface area (Å²) >= 11 is -1.62. The molecule has 0 heterocycles. The minimum absolute atomic E-state index is 0. The zero-order valence-electron chi connectivity index (χ0n) is 1.72. The van der Waals surface area contributed by atoms with Gasteiger partial charge in [-0.1, -0.05) is 0 Å². The van der Waals surface area contributed by atoms with E-state index in [1.54, 1.807) is 0 Å². The monoisotopic (exact) mass is 194 g/mol. The molecule has 0 aliphatic carbocycles. The number of hydrogen-bond acceptors (Lipinski definition) is 2. The normalized spacial score (nSPS) is 3.00. The molecule has 0 aromatic carbocycles. The van der Waals surface area contributed by atoms with Gasteiger partial charge in [0, 0.05) is 0 Å². The molecule has 0 saturated carbocycles. The van der Waals surface area contributed by atoms with Gasteiger partial charge in [-0.3, -0.25) is 0 Å². The van der Waals surface area contributed by atoms with Gasteiger partial charge in [0.25, 0.3) is 0 Å². The van der Waals surface area contributed by atoms with E-state index in [9.17, 15) is 0 Å². The van der Waals surface area contributed by atoms with Crippen molar-refractivity contribution in [2.75, 3.05) is 0 Å². The summed E-state index contributed by atoms with van der Waals surface area (Å²) in [5.41, 5.74) is 0. The molecule has 0 fully saturated rings. The van der Waals surface area contributed by atoms with Crippen molar-refractivity contribution in [1.82, 2.24) is 0 Å². The van der Waals surface area contributed by atoms with Gasteiger partial charge in [0.15, 0.2) is 0 Å². The molecule has 0 aliphatic rings. The third-order valence-corrected chi connectivity index (χ3v) is 0. The van der Waals surface area contributed by atoms with Crippen molar-refractivity contribution in [1.29, 1.82) is 0 Å². The summed E-state index contributed by atoms with van der Waals surface area (Å²) in [5.74, 6) is 0. The Morgan fingerprint density at radius 2 is 1.25 bits per heavy atom. The van der Waals surface area contributed by atoms with Crippen LogP contribution in [0, 0.1) is 0 Å². The van der Waals surface area contributed by atoms with E-state index in [0.29, 0.717) is 0 Å². The Morgan fingerprint density at radius 3 is 1.25 bits per heavy atom. The predicted octanol–water partition coefficient (Wildman–Crippen LogP) is -1.53. The van der Waals surface area contributed by atoms with E-state index in [-0.39, 0.29) is 17.1 Å². The second-order valence-electron chi connectivity index (χ2n) is 0.0680. The first-order chi connectivity index (χ1) is 1.41. The average molecular weight is 192 g/mol. The number of rotatable bonds is 0. The molecular formula is H2O2Se2. The molecule has 0 bridgehead atoms. The van der Waals surface area contributed by atoms with Gasteiger partial charge in [0.1, 0.15) is 0 Å². The van der Waals surface area contributed by atoms with Crippen molar-refractivity contribution in [2.45, 2.75) is 0 Å². The maximum atomic E-state index is 8.44.